The van der Waals surface area contributed by atoms with Gasteiger partial charge < -0.3 is 5.32 Å². The second kappa shape index (κ2) is 8.06. The van der Waals surface area contributed by atoms with Crippen LogP contribution in [0.5, 0.6) is 0 Å². The second-order valence-corrected chi connectivity index (χ2v) is 8.52. The maximum absolute atomic E-state index is 3.85. The highest BCUT2D eigenvalue weighted by Gasteiger charge is 2.34. The van der Waals surface area contributed by atoms with Crippen LogP contribution >= 0.6 is 23.5 Å². The van der Waals surface area contributed by atoms with Crippen molar-refractivity contribution in [2.75, 3.05) is 18.1 Å². The molecule has 0 spiro atoms. The molecule has 0 radical (unpaired) electrons. The Balaban J connectivity index is 2.00. The van der Waals surface area contributed by atoms with Crippen molar-refractivity contribution in [1.29, 1.82) is 0 Å². The van der Waals surface area contributed by atoms with Crippen LogP contribution in [-0.4, -0.2) is 34.6 Å². The van der Waals surface area contributed by atoms with E-state index in [0.29, 0.717) is 0 Å². The fraction of sp³-hybridized carbons (Fsp3) is 1.00. The normalized spacial score (nSPS) is 33.0. The van der Waals surface area contributed by atoms with Crippen LogP contribution < -0.4 is 5.32 Å². The van der Waals surface area contributed by atoms with Gasteiger partial charge in [0.25, 0.3) is 0 Å². The summed E-state index contributed by atoms with van der Waals surface area (Å²) in [6.07, 6.45) is 8.80. The van der Waals surface area contributed by atoms with Gasteiger partial charge in [0.05, 0.1) is 0 Å². The summed E-state index contributed by atoms with van der Waals surface area (Å²) in [5.41, 5.74) is 0. The molecule has 0 aromatic heterocycles. The second-order valence-electron chi connectivity index (χ2n) is 5.75. The highest BCUT2D eigenvalue weighted by molar-refractivity contribution is 8.07. The van der Waals surface area contributed by atoms with Crippen LogP contribution in [0.4, 0.5) is 0 Å². The lowest BCUT2D eigenvalue weighted by Gasteiger charge is -2.39. The highest BCUT2D eigenvalue weighted by Crippen LogP contribution is 2.38. The Labute approximate surface area is 122 Å². The minimum absolute atomic E-state index is 0.765. The van der Waals surface area contributed by atoms with Gasteiger partial charge >= 0.3 is 0 Å². The molecule has 2 fully saturated rings. The van der Waals surface area contributed by atoms with Gasteiger partial charge in [-0.05, 0) is 25.3 Å². The number of hydrogen-bond acceptors (Lipinski definition) is 3. The summed E-state index contributed by atoms with van der Waals surface area (Å²) in [4.78, 5) is 0. The Kier molecular flexibility index (Phi) is 6.74. The molecular weight excluding hydrogens is 258 g/mol. The van der Waals surface area contributed by atoms with Gasteiger partial charge in [0.2, 0.25) is 0 Å². The molecule has 1 saturated heterocycles. The van der Waals surface area contributed by atoms with Crippen molar-refractivity contribution in [3.05, 3.63) is 0 Å². The van der Waals surface area contributed by atoms with Gasteiger partial charge in [-0.2, -0.15) is 23.5 Å². The summed E-state index contributed by atoms with van der Waals surface area (Å²) in [6, 6.07) is 0.765. The number of rotatable bonds is 4. The van der Waals surface area contributed by atoms with Crippen molar-refractivity contribution < 1.29 is 0 Å². The molecule has 1 N–H and O–H groups in total. The standard InChI is InChI=1S/C15H29NS2/c1-3-16-14(13-8-6-4-5-7-9-13)15-12(2)17-10-11-18-15/h12-16H,3-11H2,1-2H3. The van der Waals surface area contributed by atoms with Crippen molar-refractivity contribution in [1.82, 2.24) is 5.32 Å². The van der Waals surface area contributed by atoms with E-state index >= 15 is 0 Å². The minimum Gasteiger partial charge on any atom is -0.313 e. The molecular formula is C15H29NS2. The summed E-state index contributed by atoms with van der Waals surface area (Å²) in [6.45, 7) is 5.85. The first-order valence-corrected chi connectivity index (χ1v) is 9.89. The van der Waals surface area contributed by atoms with Crippen LogP contribution in [0.25, 0.3) is 0 Å². The first kappa shape index (κ1) is 15.1. The molecule has 0 aromatic carbocycles. The fourth-order valence-electron chi connectivity index (χ4n) is 3.50. The Morgan fingerprint density at radius 1 is 1.06 bits per heavy atom. The Morgan fingerprint density at radius 2 is 1.72 bits per heavy atom. The smallest absolute Gasteiger partial charge is 0.0320 e. The van der Waals surface area contributed by atoms with E-state index in [9.17, 15) is 0 Å². The molecule has 1 saturated carbocycles. The van der Waals surface area contributed by atoms with Crippen molar-refractivity contribution in [2.24, 2.45) is 5.92 Å². The van der Waals surface area contributed by atoms with E-state index in [0.717, 1.165) is 29.0 Å². The third-order valence-electron chi connectivity index (χ3n) is 4.44. The molecule has 18 heavy (non-hydrogen) atoms. The largest absolute Gasteiger partial charge is 0.313 e. The predicted molar refractivity (Wildman–Crippen MR) is 86.8 cm³/mol. The van der Waals surface area contributed by atoms with E-state index in [1.54, 1.807) is 0 Å². The molecule has 1 aliphatic heterocycles. The van der Waals surface area contributed by atoms with Gasteiger partial charge in [-0.25, -0.2) is 0 Å². The molecule has 106 valence electrons. The van der Waals surface area contributed by atoms with Gasteiger partial charge in [-0.3, -0.25) is 0 Å². The molecule has 3 unspecified atom stereocenters. The van der Waals surface area contributed by atoms with Crippen LogP contribution in [-0.2, 0) is 0 Å². The average molecular weight is 288 g/mol. The van der Waals surface area contributed by atoms with Crippen LogP contribution in [0.3, 0.4) is 0 Å². The van der Waals surface area contributed by atoms with E-state index < -0.39 is 0 Å². The molecule has 1 heterocycles. The molecule has 0 aromatic rings. The van der Waals surface area contributed by atoms with Gasteiger partial charge in [0, 0.05) is 28.0 Å². The monoisotopic (exact) mass is 287 g/mol. The summed E-state index contributed by atoms with van der Waals surface area (Å²) in [5, 5.41) is 5.52. The molecule has 3 heteroatoms. The molecule has 2 rings (SSSR count). The number of nitrogens with one attached hydrogen (secondary N) is 1. The van der Waals surface area contributed by atoms with E-state index in [2.05, 4.69) is 42.7 Å². The Bertz CT molecular complexity index is 227. The molecule has 1 aliphatic carbocycles. The number of hydrogen-bond donors (Lipinski definition) is 1. The van der Waals surface area contributed by atoms with Crippen molar-refractivity contribution in [3.63, 3.8) is 0 Å². The SMILES string of the molecule is CCNC(C1CCCCCC1)C1SCCSC1C. The fourth-order valence-corrected chi connectivity index (χ4v) is 6.54. The molecule has 1 nitrogen and oxygen atoms in total. The van der Waals surface area contributed by atoms with Crippen molar-refractivity contribution >= 4 is 23.5 Å². The quantitative estimate of drug-likeness (QED) is 0.779. The topological polar surface area (TPSA) is 12.0 Å². The maximum Gasteiger partial charge on any atom is 0.0320 e. The van der Waals surface area contributed by atoms with Gasteiger partial charge in [0.15, 0.2) is 0 Å². The summed E-state index contributed by atoms with van der Waals surface area (Å²) >= 11 is 4.43. The van der Waals surface area contributed by atoms with Gasteiger partial charge in [0.1, 0.15) is 0 Å². The Morgan fingerprint density at radius 3 is 2.33 bits per heavy atom. The van der Waals surface area contributed by atoms with Crippen molar-refractivity contribution in [3.8, 4) is 0 Å². The molecule has 0 amide bonds. The zero-order valence-electron chi connectivity index (χ0n) is 12.0. The summed E-state index contributed by atoms with van der Waals surface area (Å²) < 4.78 is 0. The lowest BCUT2D eigenvalue weighted by Crippen LogP contribution is -2.48. The average Bonchev–Trinajstić information content (AvgIpc) is 2.66. The van der Waals surface area contributed by atoms with E-state index in [1.807, 2.05) is 0 Å². The van der Waals surface area contributed by atoms with Crippen LogP contribution in [0.2, 0.25) is 0 Å². The predicted octanol–water partition coefficient (Wildman–Crippen LogP) is 4.17. The molecule has 0 bridgehead atoms. The lowest BCUT2D eigenvalue weighted by molar-refractivity contribution is 0.315. The first-order valence-electron chi connectivity index (χ1n) is 7.79. The summed E-state index contributed by atoms with van der Waals surface area (Å²) in [7, 11) is 0. The third kappa shape index (κ3) is 4.08. The highest BCUT2D eigenvalue weighted by atomic mass is 32.2. The van der Waals surface area contributed by atoms with Crippen LogP contribution in [0.15, 0.2) is 0 Å². The van der Waals surface area contributed by atoms with Crippen LogP contribution in [0.1, 0.15) is 52.4 Å². The minimum atomic E-state index is 0.765. The van der Waals surface area contributed by atoms with E-state index in [1.165, 1.54) is 50.0 Å². The van der Waals surface area contributed by atoms with Crippen LogP contribution in [0, 0.1) is 5.92 Å². The zero-order chi connectivity index (χ0) is 12.8. The van der Waals surface area contributed by atoms with E-state index in [4.69, 9.17) is 0 Å². The zero-order valence-corrected chi connectivity index (χ0v) is 13.6. The van der Waals surface area contributed by atoms with Gasteiger partial charge in [-0.15, -0.1) is 0 Å². The van der Waals surface area contributed by atoms with E-state index in [-0.39, 0.29) is 0 Å². The lowest BCUT2D eigenvalue weighted by atomic mass is 9.88. The van der Waals surface area contributed by atoms with Crippen molar-refractivity contribution in [2.45, 2.75) is 68.9 Å². The number of thioether (sulfide) groups is 2. The molecule has 2 aliphatic rings. The van der Waals surface area contributed by atoms with Gasteiger partial charge in [-0.1, -0.05) is 39.5 Å². The first-order chi connectivity index (χ1) is 8.83. The third-order valence-corrected chi connectivity index (χ3v) is 7.65. The maximum atomic E-state index is 3.85. The summed E-state index contributed by atoms with van der Waals surface area (Å²) in [5.74, 6) is 3.64. The Hall–Kier alpha value is 0.660. The molecule has 3 atom stereocenters.